The Hall–Kier alpha value is -0.810. The van der Waals surface area contributed by atoms with E-state index in [0.29, 0.717) is 0 Å². The van der Waals surface area contributed by atoms with Gasteiger partial charge < -0.3 is 10.1 Å². The van der Waals surface area contributed by atoms with Gasteiger partial charge in [0.15, 0.2) is 0 Å². The van der Waals surface area contributed by atoms with Crippen LogP contribution in [0.3, 0.4) is 0 Å². The molecule has 0 aromatic rings. The highest BCUT2D eigenvalue weighted by molar-refractivity contribution is 5.58. The fourth-order valence-corrected chi connectivity index (χ4v) is 0.806. The van der Waals surface area contributed by atoms with Crippen molar-refractivity contribution in [3.05, 3.63) is 0 Å². The number of hydrogen-bond donors (Lipinski definition) is 2. The number of hydrogen-bond acceptors (Lipinski definition) is 5. The summed E-state index contributed by atoms with van der Waals surface area (Å²) in [6.07, 6.45) is 1.99. The van der Waals surface area contributed by atoms with Crippen LogP contribution in [0.1, 0.15) is 40.0 Å². The number of ether oxygens (including phenoxy) is 1. The van der Waals surface area contributed by atoms with Crippen LogP contribution in [0.4, 0.5) is 4.79 Å². The summed E-state index contributed by atoms with van der Waals surface area (Å²) < 4.78 is 4.45. The molecule has 2 N–H and O–H groups in total. The van der Waals surface area contributed by atoms with Crippen LogP contribution in [0, 0.1) is 0 Å². The van der Waals surface area contributed by atoms with Crippen molar-refractivity contribution >= 4 is 6.16 Å². The van der Waals surface area contributed by atoms with E-state index in [1.807, 2.05) is 13.8 Å². The van der Waals surface area contributed by atoms with Gasteiger partial charge in [-0.05, 0) is 25.9 Å². The Kier molecular flexibility index (Phi) is 17.3. The summed E-state index contributed by atoms with van der Waals surface area (Å²) in [6.45, 7) is 8.18. The number of rotatable bonds is 7. The standard InChI is InChI=1S/C8H17NO4.C2H6/c1-2-3-5-9-6-4-7-12-8(10)13-11;1-2/h9,11H,2-7H2,1H3;1-2H3. The Bertz CT molecular complexity index is 131. The Morgan fingerprint density at radius 3 is 2.40 bits per heavy atom. The predicted octanol–water partition coefficient (Wildman–Crippen LogP) is 2.42. The van der Waals surface area contributed by atoms with Crippen molar-refractivity contribution in [2.75, 3.05) is 19.7 Å². The molecule has 0 spiro atoms. The largest absolute Gasteiger partial charge is 0.540 e. The minimum Gasteiger partial charge on any atom is -0.432 e. The maximum Gasteiger partial charge on any atom is 0.540 e. The lowest BCUT2D eigenvalue weighted by Crippen LogP contribution is -2.18. The summed E-state index contributed by atoms with van der Waals surface area (Å²) in [7, 11) is 0. The van der Waals surface area contributed by atoms with Gasteiger partial charge in [0.05, 0.1) is 6.61 Å². The minimum atomic E-state index is -1.05. The zero-order chi connectivity index (χ0) is 11.9. The molecule has 15 heavy (non-hydrogen) atoms. The lowest BCUT2D eigenvalue weighted by Gasteiger charge is -2.03. The van der Waals surface area contributed by atoms with Crippen molar-refractivity contribution in [1.82, 2.24) is 5.32 Å². The predicted molar refractivity (Wildman–Crippen MR) is 58.8 cm³/mol. The molecule has 0 unspecified atom stereocenters. The highest BCUT2D eigenvalue weighted by atomic mass is 17.1. The molecule has 0 aliphatic carbocycles. The van der Waals surface area contributed by atoms with E-state index in [9.17, 15) is 4.79 Å². The van der Waals surface area contributed by atoms with Crippen LogP contribution in [-0.2, 0) is 9.62 Å². The van der Waals surface area contributed by atoms with Gasteiger partial charge in [0.25, 0.3) is 0 Å². The van der Waals surface area contributed by atoms with Crippen LogP contribution in [0.25, 0.3) is 0 Å². The molecule has 0 saturated carbocycles. The Balaban J connectivity index is 0. The molecule has 0 aliphatic heterocycles. The molecule has 0 bridgehead atoms. The van der Waals surface area contributed by atoms with Crippen molar-refractivity contribution in [2.45, 2.75) is 40.0 Å². The molecule has 0 saturated heterocycles. The molecule has 92 valence electrons. The van der Waals surface area contributed by atoms with E-state index in [4.69, 9.17) is 5.26 Å². The van der Waals surface area contributed by atoms with Gasteiger partial charge in [-0.15, -0.1) is 0 Å². The summed E-state index contributed by atoms with van der Waals surface area (Å²) in [5.74, 6) is 0. The van der Waals surface area contributed by atoms with Crippen LogP contribution >= 0.6 is 0 Å². The molecular formula is C10H23NO4. The SMILES string of the molecule is CC.CCCCNCCCOC(=O)OO. The lowest BCUT2D eigenvalue weighted by molar-refractivity contribution is -0.200. The van der Waals surface area contributed by atoms with Crippen LogP contribution in [-0.4, -0.2) is 31.1 Å². The van der Waals surface area contributed by atoms with E-state index in [1.54, 1.807) is 0 Å². The number of nitrogens with one attached hydrogen (secondary N) is 1. The zero-order valence-corrected chi connectivity index (χ0v) is 9.91. The molecule has 0 atom stereocenters. The van der Waals surface area contributed by atoms with Crippen molar-refractivity contribution in [1.29, 1.82) is 0 Å². The monoisotopic (exact) mass is 221 g/mol. The minimum absolute atomic E-state index is 0.262. The van der Waals surface area contributed by atoms with Crippen LogP contribution in [0.2, 0.25) is 0 Å². The van der Waals surface area contributed by atoms with Crippen molar-refractivity contribution < 1.29 is 19.7 Å². The van der Waals surface area contributed by atoms with Gasteiger partial charge >= 0.3 is 6.16 Å². The van der Waals surface area contributed by atoms with Crippen molar-refractivity contribution in [2.24, 2.45) is 0 Å². The van der Waals surface area contributed by atoms with E-state index < -0.39 is 6.16 Å². The van der Waals surface area contributed by atoms with Crippen LogP contribution in [0.15, 0.2) is 0 Å². The third kappa shape index (κ3) is 15.9. The quantitative estimate of drug-likeness (QED) is 0.299. The van der Waals surface area contributed by atoms with Gasteiger partial charge in [0, 0.05) is 0 Å². The number of unbranched alkanes of at least 4 members (excludes halogenated alkanes) is 1. The molecule has 0 rings (SSSR count). The van der Waals surface area contributed by atoms with E-state index >= 15 is 0 Å². The fraction of sp³-hybridized carbons (Fsp3) is 0.900. The molecular weight excluding hydrogens is 198 g/mol. The highest BCUT2D eigenvalue weighted by Crippen LogP contribution is 1.86. The second-order valence-electron chi connectivity index (χ2n) is 2.65. The van der Waals surface area contributed by atoms with Gasteiger partial charge in [0.1, 0.15) is 0 Å². The molecule has 0 heterocycles. The normalized spacial score (nSPS) is 8.80. The molecule has 0 amide bonds. The van der Waals surface area contributed by atoms with Gasteiger partial charge in [-0.25, -0.2) is 4.79 Å². The summed E-state index contributed by atoms with van der Waals surface area (Å²) >= 11 is 0. The third-order valence-corrected chi connectivity index (χ3v) is 1.50. The smallest absolute Gasteiger partial charge is 0.432 e. The van der Waals surface area contributed by atoms with Crippen LogP contribution in [0.5, 0.6) is 0 Å². The van der Waals surface area contributed by atoms with Crippen LogP contribution < -0.4 is 5.32 Å². The molecule has 0 aromatic heterocycles. The average Bonchev–Trinajstić information content (AvgIpc) is 2.30. The third-order valence-electron chi connectivity index (χ3n) is 1.50. The highest BCUT2D eigenvalue weighted by Gasteiger charge is 2.00. The van der Waals surface area contributed by atoms with E-state index in [2.05, 4.69) is 21.9 Å². The first kappa shape index (κ1) is 16.6. The molecule has 0 fully saturated rings. The topological polar surface area (TPSA) is 67.8 Å². The van der Waals surface area contributed by atoms with E-state index in [0.717, 1.165) is 25.9 Å². The first-order valence-electron chi connectivity index (χ1n) is 5.50. The Morgan fingerprint density at radius 2 is 1.87 bits per heavy atom. The second kappa shape index (κ2) is 15.7. The molecule has 5 heteroatoms. The Labute approximate surface area is 91.7 Å². The fourth-order valence-electron chi connectivity index (χ4n) is 0.806. The summed E-state index contributed by atoms with van der Waals surface area (Å²) in [6, 6.07) is 0. The van der Waals surface area contributed by atoms with Gasteiger partial charge in [-0.3, -0.25) is 4.89 Å². The van der Waals surface area contributed by atoms with Gasteiger partial charge in [-0.2, -0.15) is 5.26 Å². The number of carbonyl (C=O) groups is 1. The summed E-state index contributed by atoms with van der Waals surface area (Å²) in [4.78, 5) is 13.5. The van der Waals surface area contributed by atoms with Gasteiger partial charge in [-0.1, -0.05) is 27.2 Å². The average molecular weight is 221 g/mol. The summed E-state index contributed by atoms with van der Waals surface area (Å²) in [5.41, 5.74) is 0. The summed E-state index contributed by atoms with van der Waals surface area (Å²) in [5, 5.41) is 11.0. The molecule has 5 nitrogen and oxygen atoms in total. The first-order chi connectivity index (χ1) is 7.31. The zero-order valence-electron chi connectivity index (χ0n) is 9.91. The molecule has 0 aromatic carbocycles. The second-order valence-corrected chi connectivity index (χ2v) is 2.65. The van der Waals surface area contributed by atoms with Crippen molar-refractivity contribution in [3.63, 3.8) is 0 Å². The molecule has 0 radical (unpaired) electrons. The molecule has 0 aliphatic rings. The van der Waals surface area contributed by atoms with Crippen molar-refractivity contribution in [3.8, 4) is 0 Å². The van der Waals surface area contributed by atoms with Gasteiger partial charge in [0.2, 0.25) is 0 Å². The number of carbonyl (C=O) groups excluding carboxylic acids is 1. The van der Waals surface area contributed by atoms with E-state index in [-0.39, 0.29) is 6.61 Å². The first-order valence-corrected chi connectivity index (χ1v) is 5.50. The lowest BCUT2D eigenvalue weighted by atomic mass is 10.3. The maximum absolute atomic E-state index is 10.2. The van der Waals surface area contributed by atoms with E-state index in [1.165, 1.54) is 6.42 Å². The maximum atomic E-state index is 10.2. The Morgan fingerprint density at radius 1 is 1.27 bits per heavy atom.